The highest BCUT2D eigenvalue weighted by atomic mass is 32.1. The summed E-state index contributed by atoms with van der Waals surface area (Å²) in [6.07, 6.45) is 2.82. The van der Waals surface area contributed by atoms with Crippen molar-refractivity contribution in [1.29, 1.82) is 0 Å². The van der Waals surface area contributed by atoms with Gasteiger partial charge in [0.2, 0.25) is 17.6 Å². The third kappa shape index (κ3) is 4.36. The SMILES string of the molecule is COc1ccc(C(CC(=O)NCc2nc(-c3cccs3)no2)C2CC2)cc1. The van der Waals surface area contributed by atoms with E-state index in [1.165, 1.54) is 18.4 Å². The lowest BCUT2D eigenvalue weighted by Crippen LogP contribution is -2.25. The summed E-state index contributed by atoms with van der Waals surface area (Å²) in [7, 11) is 1.65. The molecule has 0 radical (unpaired) electrons. The number of carbonyl (C=O) groups excluding carboxylic acids is 1. The first-order valence-electron chi connectivity index (χ1n) is 9.00. The maximum absolute atomic E-state index is 12.5. The molecular formula is C20H21N3O3S. The second kappa shape index (κ2) is 7.92. The highest BCUT2D eigenvalue weighted by molar-refractivity contribution is 7.13. The van der Waals surface area contributed by atoms with Gasteiger partial charge in [-0.2, -0.15) is 4.98 Å². The van der Waals surface area contributed by atoms with Gasteiger partial charge in [-0.1, -0.05) is 23.4 Å². The topological polar surface area (TPSA) is 77.2 Å². The van der Waals surface area contributed by atoms with Gasteiger partial charge in [0.1, 0.15) is 5.75 Å². The number of amides is 1. The number of carbonyl (C=O) groups is 1. The molecule has 1 saturated carbocycles. The van der Waals surface area contributed by atoms with E-state index < -0.39 is 0 Å². The molecule has 1 N–H and O–H groups in total. The van der Waals surface area contributed by atoms with Crippen molar-refractivity contribution in [2.24, 2.45) is 5.92 Å². The lowest BCUT2D eigenvalue weighted by molar-refractivity contribution is -0.121. The van der Waals surface area contributed by atoms with Crippen LogP contribution in [0.25, 0.3) is 10.7 Å². The van der Waals surface area contributed by atoms with Gasteiger partial charge in [0, 0.05) is 6.42 Å². The van der Waals surface area contributed by atoms with Gasteiger partial charge in [-0.25, -0.2) is 0 Å². The maximum Gasteiger partial charge on any atom is 0.246 e. The molecule has 1 fully saturated rings. The van der Waals surface area contributed by atoms with Crippen LogP contribution in [0.1, 0.15) is 36.6 Å². The van der Waals surface area contributed by atoms with Gasteiger partial charge in [-0.3, -0.25) is 4.79 Å². The smallest absolute Gasteiger partial charge is 0.246 e. The molecule has 0 aliphatic heterocycles. The number of ether oxygens (including phenoxy) is 1. The summed E-state index contributed by atoms with van der Waals surface area (Å²) in [4.78, 5) is 17.7. The molecule has 1 unspecified atom stereocenters. The standard InChI is InChI=1S/C20H21N3O3S/c1-25-15-8-6-14(7-9-15)16(13-4-5-13)11-18(24)21-12-19-22-20(23-26-19)17-3-2-10-27-17/h2-3,6-10,13,16H,4-5,11-12H2,1H3,(H,21,24). The van der Waals surface area contributed by atoms with E-state index in [4.69, 9.17) is 9.26 Å². The number of benzene rings is 1. The third-order valence-electron chi connectivity index (χ3n) is 4.79. The fourth-order valence-corrected chi connectivity index (χ4v) is 3.83. The minimum absolute atomic E-state index is 0.00130. The molecule has 1 amide bonds. The lowest BCUT2D eigenvalue weighted by Gasteiger charge is -2.16. The van der Waals surface area contributed by atoms with Gasteiger partial charge < -0.3 is 14.6 Å². The fourth-order valence-electron chi connectivity index (χ4n) is 3.19. The number of hydrogen-bond acceptors (Lipinski definition) is 6. The zero-order valence-corrected chi connectivity index (χ0v) is 15.9. The zero-order valence-electron chi connectivity index (χ0n) is 15.1. The van der Waals surface area contributed by atoms with E-state index in [-0.39, 0.29) is 18.4 Å². The van der Waals surface area contributed by atoms with E-state index in [0.29, 0.717) is 24.1 Å². The molecular weight excluding hydrogens is 362 g/mol. The predicted molar refractivity (Wildman–Crippen MR) is 103 cm³/mol. The maximum atomic E-state index is 12.5. The average molecular weight is 383 g/mol. The number of rotatable bonds is 8. The fraction of sp³-hybridized carbons (Fsp3) is 0.350. The Balaban J connectivity index is 1.34. The second-order valence-corrected chi connectivity index (χ2v) is 7.63. The minimum Gasteiger partial charge on any atom is -0.497 e. The molecule has 0 saturated heterocycles. The molecule has 1 aliphatic rings. The largest absolute Gasteiger partial charge is 0.497 e. The lowest BCUT2D eigenvalue weighted by atomic mass is 9.90. The highest BCUT2D eigenvalue weighted by Gasteiger charge is 2.33. The summed E-state index contributed by atoms with van der Waals surface area (Å²) in [5, 5.41) is 8.83. The molecule has 6 nitrogen and oxygen atoms in total. The summed E-state index contributed by atoms with van der Waals surface area (Å²) < 4.78 is 10.5. The average Bonchev–Trinajstić information content (AvgIpc) is 3.19. The molecule has 0 bridgehead atoms. The molecule has 7 heteroatoms. The number of hydrogen-bond donors (Lipinski definition) is 1. The number of aromatic nitrogens is 2. The van der Waals surface area contributed by atoms with Crippen molar-refractivity contribution in [2.45, 2.75) is 31.7 Å². The summed E-state index contributed by atoms with van der Waals surface area (Å²) in [5.41, 5.74) is 1.19. The van der Waals surface area contributed by atoms with E-state index in [1.54, 1.807) is 18.4 Å². The van der Waals surface area contributed by atoms with Crippen LogP contribution in [0.4, 0.5) is 0 Å². The van der Waals surface area contributed by atoms with Crippen molar-refractivity contribution in [3.8, 4) is 16.5 Å². The second-order valence-electron chi connectivity index (χ2n) is 6.69. The number of nitrogens with zero attached hydrogens (tertiary/aromatic N) is 2. The Hall–Kier alpha value is -2.67. The first kappa shape index (κ1) is 17.7. The Labute approximate surface area is 161 Å². The summed E-state index contributed by atoms with van der Waals surface area (Å²) in [6, 6.07) is 11.9. The molecule has 2 heterocycles. The van der Waals surface area contributed by atoms with Crippen LogP contribution in [0, 0.1) is 5.92 Å². The molecule has 2 aromatic heterocycles. The van der Waals surface area contributed by atoms with Gasteiger partial charge >= 0.3 is 0 Å². The Morgan fingerprint density at radius 2 is 2.15 bits per heavy atom. The van der Waals surface area contributed by atoms with Crippen LogP contribution in [0.2, 0.25) is 0 Å². The van der Waals surface area contributed by atoms with Gasteiger partial charge in [0.15, 0.2) is 0 Å². The van der Waals surface area contributed by atoms with Crippen LogP contribution >= 0.6 is 11.3 Å². The third-order valence-corrected chi connectivity index (χ3v) is 5.65. The zero-order chi connectivity index (χ0) is 18.6. The van der Waals surface area contributed by atoms with E-state index in [1.807, 2.05) is 29.6 Å². The van der Waals surface area contributed by atoms with E-state index in [9.17, 15) is 4.79 Å². The molecule has 140 valence electrons. The van der Waals surface area contributed by atoms with Gasteiger partial charge in [-0.15, -0.1) is 11.3 Å². The van der Waals surface area contributed by atoms with Crippen LogP contribution in [0.15, 0.2) is 46.3 Å². The van der Waals surface area contributed by atoms with Crippen molar-refractivity contribution in [2.75, 3.05) is 7.11 Å². The first-order chi connectivity index (χ1) is 13.2. The Morgan fingerprint density at radius 3 is 2.81 bits per heavy atom. The number of nitrogens with one attached hydrogen (secondary N) is 1. The van der Waals surface area contributed by atoms with Gasteiger partial charge in [0.25, 0.3) is 0 Å². The van der Waals surface area contributed by atoms with Crippen molar-refractivity contribution in [3.63, 3.8) is 0 Å². The van der Waals surface area contributed by atoms with Crippen molar-refractivity contribution in [3.05, 3.63) is 53.2 Å². The molecule has 4 rings (SSSR count). The summed E-state index contributed by atoms with van der Waals surface area (Å²) in [6.45, 7) is 0.247. The minimum atomic E-state index is -0.00130. The molecule has 1 atom stereocenters. The summed E-state index contributed by atoms with van der Waals surface area (Å²) in [5.74, 6) is 2.62. The first-order valence-corrected chi connectivity index (χ1v) is 9.88. The van der Waals surface area contributed by atoms with Crippen LogP contribution in [0.5, 0.6) is 5.75 Å². The van der Waals surface area contributed by atoms with Crippen LogP contribution in [0.3, 0.4) is 0 Å². The van der Waals surface area contributed by atoms with Crippen LogP contribution < -0.4 is 10.1 Å². The summed E-state index contributed by atoms with van der Waals surface area (Å²) >= 11 is 1.55. The van der Waals surface area contributed by atoms with E-state index >= 15 is 0 Å². The number of methoxy groups -OCH3 is 1. The van der Waals surface area contributed by atoms with Crippen LogP contribution in [-0.2, 0) is 11.3 Å². The van der Waals surface area contributed by atoms with Gasteiger partial charge in [0.05, 0.1) is 18.5 Å². The Kier molecular flexibility index (Phi) is 5.20. The van der Waals surface area contributed by atoms with Crippen molar-refractivity contribution >= 4 is 17.2 Å². The Bertz CT molecular complexity index is 886. The molecule has 27 heavy (non-hydrogen) atoms. The predicted octanol–water partition coefficient (Wildman–Crippen LogP) is 4.01. The Morgan fingerprint density at radius 1 is 1.33 bits per heavy atom. The van der Waals surface area contributed by atoms with Crippen molar-refractivity contribution in [1.82, 2.24) is 15.5 Å². The van der Waals surface area contributed by atoms with Gasteiger partial charge in [-0.05, 0) is 53.8 Å². The quantitative estimate of drug-likeness (QED) is 0.636. The molecule has 3 aromatic rings. The molecule has 1 aromatic carbocycles. The number of thiophene rings is 1. The van der Waals surface area contributed by atoms with Crippen molar-refractivity contribution < 1.29 is 14.1 Å². The highest BCUT2D eigenvalue weighted by Crippen LogP contribution is 2.44. The molecule has 1 aliphatic carbocycles. The van der Waals surface area contributed by atoms with E-state index in [2.05, 4.69) is 27.6 Å². The molecule has 0 spiro atoms. The normalized spacial score (nSPS) is 14.7. The monoisotopic (exact) mass is 383 g/mol. The van der Waals surface area contributed by atoms with Crippen LogP contribution in [-0.4, -0.2) is 23.2 Å². The van der Waals surface area contributed by atoms with E-state index in [0.717, 1.165) is 10.6 Å².